The molecule has 5 rings (SSSR count). The van der Waals surface area contributed by atoms with Crippen LogP contribution in [0, 0.1) is 0 Å². The molecule has 4 aromatic rings. The van der Waals surface area contributed by atoms with Gasteiger partial charge in [0.15, 0.2) is 5.65 Å². The van der Waals surface area contributed by atoms with Gasteiger partial charge in [-0.25, -0.2) is 9.50 Å². The van der Waals surface area contributed by atoms with Crippen molar-refractivity contribution in [2.24, 2.45) is 0 Å². The molecule has 1 atom stereocenters. The lowest BCUT2D eigenvalue weighted by atomic mass is 10.0. The van der Waals surface area contributed by atoms with Crippen LogP contribution in [0.1, 0.15) is 34.8 Å². The zero-order chi connectivity index (χ0) is 20.5. The average Bonchev–Trinajstić information content (AvgIpc) is 3.47. The second kappa shape index (κ2) is 7.63. The van der Waals surface area contributed by atoms with Crippen molar-refractivity contribution in [1.82, 2.24) is 19.5 Å². The molecule has 1 amide bonds. The smallest absolute Gasteiger partial charge is 0.259 e. The summed E-state index contributed by atoms with van der Waals surface area (Å²) in [6.45, 7) is 0.719. The first kappa shape index (κ1) is 18.4. The minimum absolute atomic E-state index is 0.0276. The molecule has 1 unspecified atom stereocenters. The van der Waals surface area contributed by atoms with Crippen LogP contribution in [0.4, 0.5) is 0 Å². The fraction of sp³-hybridized carbons (Fsp3) is 0.208. The van der Waals surface area contributed by atoms with Gasteiger partial charge in [-0.05, 0) is 36.6 Å². The summed E-state index contributed by atoms with van der Waals surface area (Å²) in [7, 11) is 1.66. The molecule has 3 heterocycles. The number of nitrogens with zero attached hydrogens (tertiary/aromatic N) is 4. The average molecular weight is 398 g/mol. The van der Waals surface area contributed by atoms with Crippen molar-refractivity contribution in [2.45, 2.75) is 18.9 Å². The Morgan fingerprint density at radius 3 is 2.80 bits per heavy atom. The molecular formula is C24H22N4O2. The van der Waals surface area contributed by atoms with Crippen molar-refractivity contribution in [3.8, 4) is 17.0 Å². The lowest BCUT2D eigenvalue weighted by molar-refractivity contribution is 0.0737. The normalized spacial score (nSPS) is 16.2. The molecule has 30 heavy (non-hydrogen) atoms. The lowest BCUT2D eigenvalue weighted by Gasteiger charge is -2.25. The Morgan fingerprint density at radius 1 is 1.10 bits per heavy atom. The molecule has 6 nitrogen and oxygen atoms in total. The lowest BCUT2D eigenvalue weighted by Crippen LogP contribution is -2.30. The number of amides is 1. The van der Waals surface area contributed by atoms with Gasteiger partial charge in [0.05, 0.1) is 25.0 Å². The van der Waals surface area contributed by atoms with Crippen molar-refractivity contribution in [3.05, 3.63) is 84.2 Å². The molecule has 2 aromatic heterocycles. The van der Waals surface area contributed by atoms with Gasteiger partial charge in [-0.15, -0.1) is 0 Å². The summed E-state index contributed by atoms with van der Waals surface area (Å²) in [6.07, 6.45) is 5.27. The molecule has 6 heteroatoms. The molecule has 1 fully saturated rings. The summed E-state index contributed by atoms with van der Waals surface area (Å²) in [5.41, 5.74) is 4.14. The Kier molecular flexibility index (Phi) is 4.67. The second-order valence-electron chi connectivity index (χ2n) is 7.42. The Hall–Kier alpha value is -3.67. The highest BCUT2D eigenvalue weighted by atomic mass is 16.5. The van der Waals surface area contributed by atoms with Gasteiger partial charge in [-0.2, -0.15) is 5.10 Å². The number of carbonyl (C=O) groups excluding carboxylic acids is 1. The maximum Gasteiger partial charge on any atom is 0.259 e. The molecule has 0 saturated carbocycles. The van der Waals surface area contributed by atoms with Crippen molar-refractivity contribution in [1.29, 1.82) is 0 Å². The van der Waals surface area contributed by atoms with Crippen LogP contribution < -0.4 is 4.74 Å². The summed E-state index contributed by atoms with van der Waals surface area (Å²) in [5, 5.41) is 4.50. The Bertz CT molecular complexity index is 1200. The van der Waals surface area contributed by atoms with E-state index in [2.05, 4.69) is 16.1 Å². The maximum absolute atomic E-state index is 13.5. The summed E-state index contributed by atoms with van der Waals surface area (Å²) in [4.78, 5) is 19.9. The number of methoxy groups -OCH3 is 1. The first-order valence-corrected chi connectivity index (χ1v) is 10.1. The Labute approximate surface area is 174 Å². The molecule has 0 spiro atoms. The Morgan fingerprint density at radius 2 is 1.97 bits per heavy atom. The van der Waals surface area contributed by atoms with E-state index in [4.69, 9.17) is 4.74 Å². The van der Waals surface area contributed by atoms with E-state index in [1.54, 1.807) is 24.0 Å². The van der Waals surface area contributed by atoms with Gasteiger partial charge < -0.3 is 9.64 Å². The zero-order valence-corrected chi connectivity index (χ0v) is 16.7. The van der Waals surface area contributed by atoms with E-state index in [-0.39, 0.29) is 11.9 Å². The van der Waals surface area contributed by atoms with Crippen LogP contribution in [0.25, 0.3) is 16.9 Å². The molecule has 150 valence electrons. The number of hydrogen-bond acceptors (Lipinski definition) is 4. The van der Waals surface area contributed by atoms with Crippen LogP contribution in [0.3, 0.4) is 0 Å². The van der Waals surface area contributed by atoms with E-state index in [1.165, 1.54) is 0 Å². The van der Waals surface area contributed by atoms with Gasteiger partial charge in [0.1, 0.15) is 11.3 Å². The third kappa shape index (κ3) is 3.10. The van der Waals surface area contributed by atoms with Crippen LogP contribution in [-0.4, -0.2) is 39.1 Å². The van der Waals surface area contributed by atoms with E-state index in [0.29, 0.717) is 11.2 Å². The standard InChI is InChI=1S/C24H22N4O2/c1-30-19-10-5-9-18(15-19)21-11-6-14-27(21)24(29)20-16-26-28-22(12-13-25-23(20)28)17-7-3-2-4-8-17/h2-5,7-10,12-13,15-16,21H,6,11,14H2,1H3. The second-order valence-corrected chi connectivity index (χ2v) is 7.42. The van der Waals surface area contributed by atoms with Gasteiger partial charge >= 0.3 is 0 Å². The van der Waals surface area contributed by atoms with E-state index >= 15 is 0 Å². The quantitative estimate of drug-likeness (QED) is 0.512. The summed E-state index contributed by atoms with van der Waals surface area (Å²) < 4.78 is 7.12. The molecule has 1 aliphatic rings. The van der Waals surface area contributed by atoms with Crippen LogP contribution in [-0.2, 0) is 0 Å². The summed E-state index contributed by atoms with van der Waals surface area (Å²) in [5.74, 6) is 0.769. The molecule has 0 radical (unpaired) electrons. The topological polar surface area (TPSA) is 59.7 Å². The molecule has 2 aromatic carbocycles. The van der Waals surface area contributed by atoms with Gasteiger partial charge in [-0.3, -0.25) is 4.79 Å². The highest BCUT2D eigenvalue weighted by Gasteiger charge is 2.32. The SMILES string of the molecule is COc1cccc(C2CCCN2C(=O)c2cnn3c(-c4ccccc4)ccnc23)c1. The highest BCUT2D eigenvalue weighted by Crippen LogP contribution is 2.35. The molecule has 0 N–H and O–H groups in total. The predicted molar refractivity (Wildman–Crippen MR) is 114 cm³/mol. The van der Waals surface area contributed by atoms with E-state index < -0.39 is 0 Å². The zero-order valence-electron chi connectivity index (χ0n) is 16.7. The number of ether oxygens (including phenoxy) is 1. The number of benzene rings is 2. The Balaban J connectivity index is 1.52. The predicted octanol–water partition coefficient (Wildman–Crippen LogP) is 4.38. The number of carbonyl (C=O) groups is 1. The molecule has 1 saturated heterocycles. The van der Waals surface area contributed by atoms with E-state index in [0.717, 1.165) is 42.0 Å². The minimum atomic E-state index is -0.0342. The molecular weight excluding hydrogens is 376 g/mol. The molecule has 1 aliphatic heterocycles. The van der Waals surface area contributed by atoms with Crippen molar-refractivity contribution >= 4 is 11.6 Å². The first-order valence-electron chi connectivity index (χ1n) is 10.1. The third-order valence-electron chi connectivity index (χ3n) is 5.69. The van der Waals surface area contributed by atoms with Crippen molar-refractivity contribution < 1.29 is 9.53 Å². The maximum atomic E-state index is 13.5. The summed E-state index contributed by atoms with van der Waals surface area (Å²) in [6, 6.07) is 19.9. The number of aromatic nitrogens is 3. The highest BCUT2D eigenvalue weighted by molar-refractivity contribution is 6.00. The molecule has 0 bridgehead atoms. The molecule has 0 aliphatic carbocycles. The third-order valence-corrected chi connectivity index (χ3v) is 5.69. The largest absolute Gasteiger partial charge is 0.497 e. The van der Waals surface area contributed by atoms with Crippen LogP contribution in [0.5, 0.6) is 5.75 Å². The number of likely N-dealkylation sites (tertiary alicyclic amines) is 1. The van der Waals surface area contributed by atoms with Crippen molar-refractivity contribution in [2.75, 3.05) is 13.7 Å². The number of rotatable bonds is 4. The van der Waals surface area contributed by atoms with Gasteiger partial charge in [0.25, 0.3) is 5.91 Å². The monoisotopic (exact) mass is 398 g/mol. The number of hydrogen-bond donors (Lipinski definition) is 0. The number of fused-ring (bicyclic) bond motifs is 1. The van der Waals surface area contributed by atoms with Crippen LogP contribution >= 0.6 is 0 Å². The van der Waals surface area contributed by atoms with E-state index in [9.17, 15) is 4.79 Å². The van der Waals surface area contributed by atoms with Crippen LogP contribution in [0.2, 0.25) is 0 Å². The minimum Gasteiger partial charge on any atom is -0.497 e. The fourth-order valence-electron chi connectivity index (χ4n) is 4.23. The van der Waals surface area contributed by atoms with Crippen molar-refractivity contribution in [3.63, 3.8) is 0 Å². The summed E-state index contributed by atoms with van der Waals surface area (Å²) >= 11 is 0. The van der Waals surface area contributed by atoms with E-state index in [1.807, 2.05) is 59.5 Å². The van der Waals surface area contributed by atoms with Gasteiger partial charge in [-0.1, -0.05) is 42.5 Å². The fourth-order valence-corrected chi connectivity index (χ4v) is 4.23. The first-order chi connectivity index (χ1) is 14.8. The van der Waals surface area contributed by atoms with Gasteiger partial charge in [0, 0.05) is 18.3 Å². The van der Waals surface area contributed by atoms with Gasteiger partial charge in [0.2, 0.25) is 0 Å². The van der Waals surface area contributed by atoms with Crippen LogP contribution in [0.15, 0.2) is 73.1 Å².